The van der Waals surface area contributed by atoms with Crippen LogP contribution in [0.25, 0.3) is 0 Å². The fraction of sp³-hybridized carbons (Fsp3) is 0.345. The Morgan fingerprint density at radius 2 is 1.58 bits per heavy atom. The van der Waals surface area contributed by atoms with Crippen molar-refractivity contribution in [1.82, 2.24) is 10.2 Å². The summed E-state index contributed by atoms with van der Waals surface area (Å²) in [5.41, 5.74) is 5.09. The lowest BCUT2D eigenvalue weighted by molar-refractivity contribution is -0.118. The molecule has 6 nitrogen and oxygen atoms in total. The summed E-state index contributed by atoms with van der Waals surface area (Å²) >= 11 is 0. The fourth-order valence-electron chi connectivity index (χ4n) is 4.90. The zero-order valence-corrected chi connectivity index (χ0v) is 21.8. The quantitative estimate of drug-likeness (QED) is 0.436. The fourth-order valence-corrected chi connectivity index (χ4v) is 6.89. The average Bonchev–Trinajstić information content (AvgIpc) is 3.19. The Morgan fingerprint density at radius 1 is 0.917 bits per heavy atom. The lowest BCUT2D eigenvalue weighted by Gasteiger charge is -2.32. The van der Waals surface area contributed by atoms with E-state index in [1.807, 2.05) is 90.7 Å². The third kappa shape index (κ3) is 6.81. The number of carbonyl (C=O) groups is 1. The first-order chi connectivity index (χ1) is 17.3. The van der Waals surface area contributed by atoms with Crippen LogP contribution >= 0.6 is 0 Å². The van der Waals surface area contributed by atoms with Crippen LogP contribution in [0.3, 0.4) is 0 Å². The SMILES string of the molecule is CCc1cccc(C)c1NC(=O)CN(Cc1ccccc1)C1CS(=O)(=O)CC1NCc1ccccc1. The number of hydrogen-bond acceptors (Lipinski definition) is 5. The van der Waals surface area contributed by atoms with Gasteiger partial charge in [0.25, 0.3) is 0 Å². The van der Waals surface area contributed by atoms with E-state index in [1.54, 1.807) is 0 Å². The summed E-state index contributed by atoms with van der Waals surface area (Å²) in [6, 6.07) is 25.3. The predicted octanol–water partition coefficient (Wildman–Crippen LogP) is 3.95. The van der Waals surface area contributed by atoms with Crippen molar-refractivity contribution in [2.45, 2.75) is 45.4 Å². The van der Waals surface area contributed by atoms with Crippen molar-refractivity contribution in [2.75, 3.05) is 23.4 Å². The Balaban J connectivity index is 1.56. The van der Waals surface area contributed by atoms with E-state index < -0.39 is 9.84 Å². The van der Waals surface area contributed by atoms with Crippen LogP contribution in [0.1, 0.15) is 29.2 Å². The summed E-state index contributed by atoms with van der Waals surface area (Å²) in [4.78, 5) is 15.3. The molecule has 190 valence electrons. The molecule has 3 aromatic carbocycles. The molecule has 1 aliphatic heterocycles. The molecule has 0 bridgehead atoms. The van der Waals surface area contributed by atoms with E-state index in [0.29, 0.717) is 13.1 Å². The summed E-state index contributed by atoms with van der Waals surface area (Å²) in [6.45, 7) is 5.23. The number of amides is 1. The van der Waals surface area contributed by atoms with Gasteiger partial charge in [-0.1, -0.05) is 85.8 Å². The predicted molar refractivity (Wildman–Crippen MR) is 146 cm³/mol. The minimum atomic E-state index is -3.23. The molecule has 2 atom stereocenters. The van der Waals surface area contributed by atoms with Gasteiger partial charge in [0.1, 0.15) is 0 Å². The molecule has 1 saturated heterocycles. The lowest BCUT2D eigenvalue weighted by atomic mass is 10.1. The number of aryl methyl sites for hydroxylation is 2. The first-order valence-electron chi connectivity index (χ1n) is 12.5. The molecule has 0 aliphatic carbocycles. The summed E-state index contributed by atoms with van der Waals surface area (Å²) in [7, 11) is -3.23. The Kier molecular flexibility index (Phi) is 8.56. The Hall–Kier alpha value is -3.00. The second-order valence-electron chi connectivity index (χ2n) is 9.52. The van der Waals surface area contributed by atoms with Gasteiger partial charge in [-0.2, -0.15) is 0 Å². The van der Waals surface area contributed by atoms with Crippen molar-refractivity contribution in [2.24, 2.45) is 0 Å². The molecule has 1 amide bonds. The molecule has 1 fully saturated rings. The van der Waals surface area contributed by atoms with Crippen LogP contribution in [0, 0.1) is 6.92 Å². The topological polar surface area (TPSA) is 78.5 Å². The van der Waals surface area contributed by atoms with E-state index in [-0.39, 0.29) is 36.0 Å². The first-order valence-corrected chi connectivity index (χ1v) is 14.3. The van der Waals surface area contributed by atoms with Crippen LogP contribution in [-0.2, 0) is 34.1 Å². The van der Waals surface area contributed by atoms with E-state index in [2.05, 4.69) is 17.6 Å². The van der Waals surface area contributed by atoms with E-state index in [9.17, 15) is 13.2 Å². The number of sulfone groups is 1. The van der Waals surface area contributed by atoms with Crippen LogP contribution in [0.4, 0.5) is 5.69 Å². The van der Waals surface area contributed by atoms with Crippen molar-refractivity contribution in [3.05, 3.63) is 101 Å². The van der Waals surface area contributed by atoms with Crippen LogP contribution < -0.4 is 10.6 Å². The highest BCUT2D eigenvalue weighted by Crippen LogP contribution is 2.24. The second-order valence-corrected chi connectivity index (χ2v) is 11.7. The van der Waals surface area contributed by atoms with Gasteiger partial charge in [0.2, 0.25) is 5.91 Å². The van der Waals surface area contributed by atoms with Gasteiger partial charge < -0.3 is 10.6 Å². The lowest BCUT2D eigenvalue weighted by Crippen LogP contribution is -2.51. The summed E-state index contributed by atoms with van der Waals surface area (Å²) in [6.07, 6.45) is 0.817. The maximum Gasteiger partial charge on any atom is 0.238 e. The van der Waals surface area contributed by atoms with Gasteiger partial charge in [-0.15, -0.1) is 0 Å². The number of nitrogens with zero attached hydrogens (tertiary/aromatic N) is 1. The molecule has 0 aromatic heterocycles. The molecule has 0 saturated carbocycles. The van der Waals surface area contributed by atoms with Crippen LogP contribution in [-0.4, -0.2) is 49.4 Å². The van der Waals surface area contributed by atoms with Crippen LogP contribution in [0.2, 0.25) is 0 Å². The number of benzene rings is 3. The van der Waals surface area contributed by atoms with Crippen LogP contribution in [0.15, 0.2) is 78.9 Å². The molecular formula is C29H35N3O3S. The number of anilines is 1. The summed E-state index contributed by atoms with van der Waals surface area (Å²) in [5.74, 6) is -0.0414. The number of carbonyl (C=O) groups excluding carboxylic acids is 1. The average molecular weight is 506 g/mol. The molecule has 0 spiro atoms. The molecule has 4 rings (SSSR count). The van der Waals surface area contributed by atoms with E-state index in [0.717, 1.165) is 34.4 Å². The molecular weight excluding hydrogens is 470 g/mol. The molecule has 3 aromatic rings. The third-order valence-electron chi connectivity index (χ3n) is 6.78. The second kappa shape index (κ2) is 11.8. The van der Waals surface area contributed by atoms with Crippen molar-refractivity contribution < 1.29 is 13.2 Å². The Labute approximate surface area is 214 Å². The highest BCUT2D eigenvalue weighted by molar-refractivity contribution is 7.91. The minimum Gasteiger partial charge on any atom is -0.324 e. The van der Waals surface area contributed by atoms with E-state index in [4.69, 9.17) is 0 Å². The molecule has 7 heteroatoms. The normalized spacial score (nSPS) is 18.9. The van der Waals surface area contributed by atoms with Gasteiger partial charge in [0.05, 0.1) is 18.1 Å². The minimum absolute atomic E-state index is 0.0319. The molecule has 0 radical (unpaired) electrons. The van der Waals surface area contributed by atoms with Crippen molar-refractivity contribution in [1.29, 1.82) is 0 Å². The third-order valence-corrected chi connectivity index (χ3v) is 8.50. The smallest absolute Gasteiger partial charge is 0.238 e. The maximum absolute atomic E-state index is 13.3. The summed E-state index contributed by atoms with van der Waals surface area (Å²) in [5, 5.41) is 6.58. The zero-order chi connectivity index (χ0) is 25.5. The van der Waals surface area contributed by atoms with Crippen molar-refractivity contribution in [3.8, 4) is 0 Å². The highest BCUT2D eigenvalue weighted by atomic mass is 32.2. The molecule has 36 heavy (non-hydrogen) atoms. The molecule has 2 unspecified atom stereocenters. The van der Waals surface area contributed by atoms with Gasteiger partial charge in [-0.3, -0.25) is 9.69 Å². The first kappa shape index (κ1) is 26.1. The largest absolute Gasteiger partial charge is 0.324 e. The number of para-hydroxylation sites is 1. The highest BCUT2D eigenvalue weighted by Gasteiger charge is 2.41. The van der Waals surface area contributed by atoms with Gasteiger partial charge >= 0.3 is 0 Å². The Morgan fingerprint density at radius 3 is 2.25 bits per heavy atom. The molecule has 1 heterocycles. The van der Waals surface area contributed by atoms with E-state index in [1.165, 1.54) is 0 Å². The standard InChI is InChI=1S/C29H35N3O3S/c1-3-25-16-10-11-22(2)29(25)31-28(33)19-32(18-24-14-8-5-9-15-24)27-21-36(34,35)20-26(27)30-17-23-12-6-4-7-13-23/h4-16,26-27,30H,3,17-21H2,1-2H3,(H,31,33). The van der Waals surface area contributed by atoms with Gasteiger partial charge in [0, 0.05) is 30.9 Å². The number of nitrogens with one attached hydrogen (secondary N) is 2. The monoisotopic (exact) mass is 505 g/mol. The summed E-state index contributed by atoms with van der Waals surface area (Å²) < 4.78 is 25.5. The van der Waals surface area contributed by atoms with Gasteiger partial charge in [-0.05, 0) is 35.6 Å². The molecule has 2 N–H and O–H groups in total. The van der Waals surface area contributed by atoms with Crippen molar-refractivity contribution >= 4 is 21.4 Å². The number of hydrogen-bond donors (Lipinski definition) is 2. The number of rotatable bonds is 10. The van der Waals surface area contributed by atoms with Gasteiger partial charge in [-0.25, -0.2) is 8.42 Å². The van der Waals surface area contributed by atoms with E-state index >= 15 is 0 Å². The van der Waals surface area contributed by atoms with Crippen molar-refractivity contribution in [3.63, 3.8) is 0 Å². The molecule has 1 aliphatic rings. The Bertz CT molecular complexity index is 1260. The maximum atomic E-state index is 13.3. The van der Waals surface area contributed by atoms with Gasteiger partial charge in [0.15, 0.2) is 9.84 Å². The van der Waals surface area contributed by atoms with Crippen LogP contribution in [0.5, 0.6) is 0 Å². The zero-order valence-electron chi connectivity index (χ0n) is 21.0.